The van der Waals surface area contributed by atoms with Crippen LogP contribution >= 0.6 is 0 Å². The van der Waals surface area contributed by atoms with E-state index in [1.54, 1.807) is 11.2 Å². The van der Waals surface area contributed by atoms with Gasteiger partial charge in [-0.1, -0.05) is 13.8 Å². The van der Waals surface area contributed by atoms with Gasteiger partial charge in [0, 0.05) is 24.0 Å². The fraction of sp³-hybridized carbons (Fsp3) is 0.550. The number of hydrogen-bond donors (Lipinski definition) is 1. The molecule has 1 saturated heterocycles. The van der Waals surface area contributed by atoms with Gasteiger partial charge in [0.2, 0.25) is 5.91 Å². The van der Waals surface area contributed by atoms with Crippen LogP contribution < -0.4 is 0 Å². The predicted octanol–water partition coefficient (Wildman–Crippen LogP) is 4.03. The van der Waals surface area contributed by atoms with E-state index in [1.807, 2.05) is 13.0 Å². The van der Waals surface area contributed by atoms with Gasteiger partial charge in [0.25, 0.3) is 6.43 Å². The third-order valence-corrected chi connectivity index (χ3v) is 5.39. The molecule has 2 aromatic rings. The van der Waals surface area contributed by atoms with E-state index in [0.717, 1.165) is 22.1 Å². The first-order valence-electron chi connectivity index (χ1n) is 9.00. The summed E-state index contributed by atoms with van der Waals surface area (Å²) < 4.78 is 31.4. The molecule has 0 spiro atoms. The molecule has 1 N–H and O–H groups in total. The topological polar surface area (TPSA) is 53.7 Å². The number of nitrogens with zero attached hydrogens (tertiary/aromatic N) is 1. The minimum atomic E-state index is -2.78. The summed E-state index contributed by atoms with van der Waals surface area (Å²) in [5.41, 5.74) is 1.96. The maximum atomic E-state index is 12.9. The number of aliphatic hydroxyl groups is 1. The molecule has 4 nitrogen and oxygen atoms in total. The van der Waals surface area contributed by atoms with E-state index in [4.69, 9.17) is 4.42 Å². The van der Waals surface area contributed by atoms with Crippen LogP contribution in [0, 0.1) is 6.92 Å². The second-order valence-corrected chi connectivity index (χ2v) is 7.58. The second-order valence-electron chi connectivity index (χ2n) is 7.58. The standard InChI is InChI=1S/C20H25F2NO3/c1-12(2)15-10-16-14(11-26-17(16)8-13(15)3)9-18(24)23-6-4-20(25,5-7-23)19(21)22/h8,10-12,19,25H,4-7,9H2,1-3H3. The minimum absolute atomic E-state index is 0.0980. The number of hydrogen-bond acceptors (Lipinski definition) is 3. The maximum Gasteiger partial charge on any atom is 0.266 e. The number of furan rings is 1. The van der Waals surface area contributed by atoms with Crippen LogP contribution in [-0.2, 0) is 11.2 Å². The van der Waals surface area contributed by atoms with Crippen molar-refractivity contribution in [2.24, 2.45) is 0 Å². The molecule has 1 aromatic carbocycles. The van der Waals surface area contributed by atoms with Gasteiger partial charge in [0.15, 0.2) is 0 Å². The lowest BCUT2D eigenvalue weighted by Crippen LogP contribution is -2.50. The smallest absolute Gasteiger partial charge is 0.266 e. The van der Waals surface area contributed by atoms with Gasteiger partial charge in [-0.25, -0.2) is 8.78 Å². The van der Waals surface area contributed by atoms with E-state index >= 15 is 0 Å². The molecular formula is C20H25F2NO3. The highest BCUT2D eigenvalue weighted by molar-refractivity contribution is 5.88. The first kappa shape index (κ1) is 18.8. The molecule has 0 aliphatic carbocycles. The summed E-state index contributed by atoms with van der Waals surface area (Å²) in [6.45, 7) is 6.57. The monoisotopic (exact) mass is 365 g/mol. The van der Waals surface area contributed by atoms with Gasteiger partial charge in [-0.3, -0.25) is 4.79 Å². The molecule has 2 heterocycles. The Balaban J connectivity index is 1.75. The van der Waals surface area contributed by atoms with E-state index in [1.165, 1.54) is 5.56 Å². The SMILES string of the molecule is Cc1cc2occ(CC(=O)N3CCC(O)(C(F)F)CC3)c2cc1C(C)C. The Hall–Kier alpha value is -1.95. The van der Waals surface area contributed by atoms with Gasteiger partial charge in [0.05, 0.1) is 12.7 Å². The first-order chi connectivity index (χ1) is 12.2. The van der Waals surface area contributed by atoms with Gasteiger partial charge in [0.1, 0.15) is 11.2 Å². The van der Waals surface area contributed by atoms with Crippen molar-refractivity contribution in [1.82, 2.24) is 4.90 Å². The van der Waals surface area contributed by atoms with Crippen molar-refractivity contribution in [2.45, 2.75) is 58.0 Å². The zero-order valence-electron chi connectivity index (χ0n) is 15.4. The van der Waals surface area contributed by atoms with Crippen LogP contribution in [0.2, 0.25) is 0 Å². The highest BCUT2D eigenvalue weighted by Crippen LogP contribution is 2.31. The molecule has 142 valence electrons. The molecule has 0 unspecified atom stereocenters. The van der Waals surface area contributed by atoms with Crippen molar-refractivity contribution in [3.05, 3.63) is 35.1 Å². The molecule has 0 saturated carbocycles. The van der Waals surface area contributed by atoms with Crippen molar-refractivity contribution in [3.63, 3.8) is 0 Å². The van der Waals surface area contributed by atoms with Gasteiger partial charge in [-0.15, -0.1) is 0 Å². The van der Waals surface area contributed by atoms with Crippen molar-refractivity contribution < 1.29 is 23.1 Å². The van der Waals surface area contributed by atoms with Crippen LogP contribution in [0.5, 0.6) is 0 Å². The summed E-state index contributed by atoms with van der Waals surface area (Å²) in [6, 6.07) is 4.06. The average molecular weight is 365 g/mol. The summed E-state index contributed by atoms with van der Waals surface area (Å²) in [5, 5.41) is 10.8. The third kappa shape index (κ3) is 3.47. The van der Waals surface area contributed by atoms with Gasteiger partial charge >= 0.3 is 0 Å². The number of piperidine rings is 1. The molecule has 1 aliphatic heterocycles. The van der Waals surface area contributed by atoms with Crippen molar-refractivity contribution in [2.75, 3.05) is 13.1 Å². The van der Waals surface area contributed by atoms with Crippen LogP contribution in [0.1, 0.15) is 49.3 Å². The van der Waals surface area contributed by atoms with Crippen LogP contribution in [0.4, 0.5) is 8.78 Å². The van der Waals surface area contributed by atoms with Gasteiger partial charge in [-0.05, 0) is 48.9 Å². The van der Waals surface area contributed by atoms with Gasteiger partial charge < -0.3 is 14.4 Å². The van der Waals surface area contributed by atoms with Crippen molar-refractivity contribution >= 4 is 16.9 Å². The number of alkyl halides is 2. The number of halogens is 2. The maximum absolute atomic E-state index is 12.9. The second kappa shape index (κ2) is 6.99. The largest absolute Gasteiger partial charge is 0.464 e. The highest BCUT2D eigenvalue weighted by atomic mass is 19.3. The molecule has 1 aliphatic rings. The third-order valence-electron chi connectivity index (χ3n) is 5.39. The first-order valence-corrected chi connectivity index (χ1v) is 9.00. The molecule has 6 heteroatoms. The lowest BCUT2D eigenvalue weighted by Gasteiger charge is -2.37. The number of carbonyl (C=O) groups excluding carboxylic acids is 1. The van der Waals surface area contributed by atoms with Crippen molar-refractivity contribution in [1.29, 1.82) is 0 Å². The predicted molar refractivity (Wildman–Crippen MR) is 95.5 cm³/mol. The molecule has 26 heavy (non-hydrogen) atoms. The molecule has 0 radical (unpaired) electrons. The number of rotatable bonds is 4. The van der Waals surface area contributed by atoms with Crippen molar-refractivity contribution in [3.8, 4) is 0 Å². The Morgan fingerprint density at radius 2 is 1.96 bits per heavy atom. The van der Waals surface area contributed by atoms with E-state index in [2.05, 4.69) is 19.9 Å². The molecule has 0 atom stereocenters. The Morgan fingerprint density at radius 3 is 2.54 bits per heavy atom. The fourth-order valence-electron chi connectivity index (χ4n) is 3.64. The Morgan fingerprint density at radius 1 is 1.31 bits per heavy atom. The van der Waals surface area contributed by atoms with E-state index in [9.17, 15) is 18.7 Å². The van der Waals surface area contributed by atoms with E-state index in [0.29, 0.717) is 5.92 Å². The summed E-state index contributed by atoms with van der Waals surface area (Å²) in [4.78, 5) is 14.1. The van der Waals surface area contributed by atoms with Crippen LogP contribution in [0.25, 0.3) is 11.0 Å². The fourth-order valence-corrected chi connectivity index (χ4v) is 3.64. The molecule has 1 amide bonds. The molecule has 1 aromatic heterocycles. The number of likely N-dealkylation sites (tertiary alicyclic amines) is 1. The molecule has 3 rings (SSSR count). The zero-order valence-corrected chi connectivity index (χ0v) is 15.4. The van der Waals surface area contributed by atoms with E-state index in [-0.39, 0.29) is 38.3 Å². The quantitative estimate of drug-likeness (QED) is 0.890. The summed E-state index contributed by atoms with van der Waals surface area (Å²) >= 11 is 0. The molecular weight excluding hydrogens is 340 g/mol. The zero-order chi connectivity index (χ0) is 19.1. The number of carbonyl (C=O) groups is 1. The summed E-state index contributed by atoms with van der Waals surface area (Å²) in [7, 11) is 0. The van der Waals surface area contributed by atoms with Gasteiger partial charge in [-0.2, -0.15) is 0 Å². The van der Waals surface area contributed by atoms with Crippen LogP contribution in [0.3, 0.4) is 0 Å². The summed E-state index contributed by atoms with van der Waals surface area (Å²) in [5.74, 6) is 0.239. The average Bonchev–Trinajstić information content (AvgIpc) is 2.96. The van der Waals surface area contributed by atoms with Crippen LogP contribution in [-0.4, -0.2) is 41.0 Å². The lowest BCUT2D eigenvalue weighted by molar-refractivity contribution is -0.146. The van der Waals surface area contributed by atoms with E-state index < -0.39 is 12.0 Å². The number of fused-ring (bicyclic) bond motifs is 1. The Bertz CT molecular complexity index is 805. The molecule has 0 bridgehead atoms. The number of amides is 1. The number of benzene rings is 1. The Labute approximate surface area is 151 Å². The normalized spacial score (nSPS) is 17.5. The highest BCUT2D eigenvalue weighted by Gasteiger charge is 2.41. The number of aryl methyl sites for hydroxylation is 1. The Kier molecular flexibility index (Phi) is 5.06. The molecule has 1 fully saturated rings. The summed E-state index contributed by atoms with van der Waals surface area (Å²) in [6.07, 6.45) is -1.21. The minimum Gasteiger partial charge on any atom is -0.464 e. The van der Waals surface area contributed by atoms with Crippen LogP contribution in [0.15, 0.2) is 22.8 Å². The lowest BCUT2D eigenvalue weighted by atomic mass is 9.91.